The number of hydrogen-bond donors (Lipinski definition) is 1. The van der Waals surface area contributed by atoms with E-state index in [9.17, 15) is 26.8 Å². The summed E-state index contributed by atoms with van der Waals surface area (Å²) in [5.74, 6) is -2.42. The second-order valence-electron chi connectivity index (χ2n) is 8.67. The van der Waals surface area contributed by atoms with E-state index in [1.807, 2.05) is 30.3 Å². The lowest BCUT2D eigenvalue weighted by Gasteiger charge is -2.32. The summed E-state index contributed by atoms with van der Waals surface area (Å²) in [6, 6.07) is 11.4. The van der Waals surface area contributed by atoms with Crippen molar-refractivity contribution in [3.63, 3.8) is 0 Å². The fourth-order valence-corrected chi connectivity index (χ4v) is 6.04. The normalized spacial score (nSPS) is 18.8. The van der Waals surface area contributed by atoms with Crippen molar-refractivity contribution < 1.29 is 26.8 Å². The number of rotatable bonds is 7. The Labute approximate surface area is 197 Å². The maximum absolute atomic E-state index is 14.1. The van der Waals surface area contributed by atoms with Crippen molar-refractivity contribution in [2.24, 2.45) is 5.92 Å². The first-order valence-electron chi connectivity index (χ1n) is 11.3. The predicted molar refractivity (Wildman–Crippen MR) is 121 cm³/mol. The number of benzene rings is 2. The van der Waals surface area contributed by atoms with E-state index in [0.29, 0.717) is 25.6 Å². The monoisotopic (exact) mass is 491 g/mol. The molecule has 1 atom stereocenters. The fraction of sp³-hybridized carbons (Fsp3) is 0.417. The minimum Gasteiger partial charge on any atom is -0.347 e. The summed E-state index contributed by atoms with van der Waals surface area (Å²) >= 11 is 0. The maximum Gasteiger partial charge on any atom is 0.246 e. The lowest BCUT2D eigenvalue weighted by molar-refractivity contribution is -0.130. The molecule has 7 nitrogen and oxygen atoms in total. The highest BCUT2D eigenvalue weighted by atomic mass is 32.2. The van der Waals surface area contributed by atoms with Crippen molar-refractivity contribution in [1.82, 2.24) is 14.5 Å². The molecule has 0 spiro atoms. The molecule has 2 aromatic rings. The Bertz CT molecular complexity index is 1150. The van der Waals surface area contributed by atoms with Gasteiger partial charge in [-0.05, 0) is 43.0 Å². The molecule has 2 saturated heterocycles. The Morgan fingerprint density at radius 2 is 1.76 bits per heavy atom. The van der Waals surface area contributed by atoms with Gasteiger partial charge in [-0.1, -0.05) is 30.3 Å². The number of halogens is 2. The first kappa shape index (κ1) is 24.3. The van der Waals surface area contributed by atoms with Crippen LogP contribution in [0.3, 0.4) is 0 Å². The van der Waals surface area contributed by atoms with Gasteiger partial charge in [0, 0.05) is 38.5 Å². The molecule has 10 heteroatoms. The molecule has 2 amide bonds. The van der Waals surface area contributed by atoms with Crippen LogP contribution in [0.25, 0.3) is 0 Å². The Balaban J connectivity index is 1.41. The molecule has 0 aromatic heterocycles. The molecule has 182 valence electrons. The Morgan fingerprint density at radius 1 is 1.06 bits per heavy atom. The van der Waals surface area contributed by atoms with Gasteiger partial charge < -0.3 is 10.2 Å². The Hall–Kier alpha value is -2.85. The summed E-state index contributed by atoms with van der Waals surface area (Å²) in [5.41, 5.74) is 0.886. The smallest absolute Gasteiger partial charge is 0.246 e. The maximum atomic E-state index is 14.1. The van der Waals surface area contributed by atoms with E-state index < -0.39 is 32.5 Å². The molecule has 0 saturated carbocycles. The number of piperidine rings is 1. The van der Waals surface area contributed by atoms with Gasteiger partial charge in [0.05, 0.1) is 6.04 Å². The first-order valence-corrected chi connectivity index (χ1v) is 12.8. The quantitative estimate of drug-likeness (QED) is 0.645. The van der Waals surface area contributed by atoms with Crippen molar-refractivity contribution in [1.29, 1.82) is 0 Å². The van der Waals surface area contributed by atoms with Gasteiger partial charge in [-0.25, -0.2) is 17.2 Å². The van der Waals surface area contributed by atoms with Gasteiger partial charge in [-0.3, -0.25) is 9.59 Å². The molecule has 4 rings (SSSR count). The van der Waals surface area contributed by atoms with E-state index in [4.69, 9.17) is 0 Å². The van der Waals surface area contributed by atoms with Crippen molar-refractivity contribution >= 4 is 21.8 Å². The van der Waals surface area contributed by atoms with Crippen LogP contribution < -0.4 is 5.32 Å². The molecule has 1 N–H and O–H groups in total. The van der Waals surface area contributed by atoms with E-state index in [2.05, 4.69) is 5.32 Å². The van der Waals surface area contributed by atoms with Crippen LogP contribution in [0.15, 0.2) is 53.4 Å². The third kappa shape index (κ3) is 5.28. The van der Waals surface area contributed by atoms with Crippen LogP contribution in [-0.2, 0) is 19.6 Å². The van der Waals surface area contributed by atoms with Crippen LogP contribution in [0.4, 0.5) is 8.78 Å². The summed E-state index contributed by atoms with van der Waals surface area (Å²) in [6.07, 6.45) is 1.82. The molecule has 0 aliphatic carbocycles. The second-order valence-corrected chi connectivity index (χ2v) is 10.6. The Kier molecular flexibility index (Phi) is 7.27. The molecule has 2 fully saturated rings. The minimum absolute atomic E-state index is 0.0248. The largest absolute Gasteiger partial charge is 0.347 e. The van der Waals surface area contributed by atoms with Gasteiger partial charge in [-0.15, -0.1) is 0 Å². The zero-order chi connectivity index (χ0) is 24.3. The van der Waals surface area contributed by atoms with E-state index in [-0.39, 0.29) is 43.8 Å². The van der Waals surface area contributed by atoms with Gasteiger partial charge in [0.15, 0.2) is 0 Å². The van der Waals surface area contributed by atoms with Gasteiger partial charge in [-0.2, -0.15) is 4.31 Å². The summed E-state index contributed by atoms with van der Waals surface area (Å²) in [7, 11) is -4.21. The average Bonchev–Trinajstić information content (AvgIpc) is 3.25. The number of likely N-dealkylation sites (tertiary alicyclic amines) is 1. The number of carbonyl (C=O) groups excluding carboxylic acids is 2. The Morgan fingerprint density at radius 3 is 2.41 bits per heavy atom. The number of hydrogen-bond acceptors (Lipinski definition) is 4. The van der Waals surface area contributed by atoms with Crippen LogP contribution >= 0.6 is 0 Å². The van der Waals surface area contributed by atoms with Crippen molar-refractivity contribution in [3.8, 4) is 0 Å². The van der Waals surface area contributed by atoms with Crippen molar-refractivity contribution in [2.75, 3.05) is 26.2 Å². The molecule has 2 aromatic carbocycles. The molecular weight excluding hydrogens is 464 g/mol. The lowest BCUT2D eigenvalue weighted by atomic mass is 9.96. The molecule has 2 heterocycles. The van der Waals surface area contributed by atoms with E-state index in [0.717, 1.165) is 28.4 Å². The van der Waals surface area contributed by atoms with E-state index in [1.54, 1.807) is 4.90 Å². The van der Waals surface area contributed by atoms with Crippen LogP contribution in [0.1, 0.15) is 37.3 Å². The van der Waals surface area contributed by atoms with Crippen molar-refractivity contribution in [3.05, 3.63) is 65.7 Å². The third-order valence-electron chi connectivity index (χ3n) is 6.43. The molecule has 1 unspecified atom stereocenters. The van der Waals surface area contributed by atoms with Crippen molar-refractivity contribution in [2.45, 2.75) is 36.6 Å². The SMILES string of the molecule is O=C(NC(CN1CCCC1=O)c1ccccc1)C1CCN(S(=O)(=O)c2cc(F)ccc2F)CC1. The van der Waals surface area contributed by atoms with Gasteiger partial charge in [0.25, 0.3) is 0 Å². The van der Waals surface area contributed by atoms with Gasteiger partial charge in [0.2, 0.25) is 21.8 Å². The van der Waals surface area contributed by atoms with E-state index >= 15 is 0 Å². The second kappa shape index (κ2) is 10.2. The highest BCUT2D eigenvalue weighted by Crippen LogP contribution is 2.27. The topological polar surface area (TPSA) is 86.8 Å². The number of amides is 2. The minimum atomic E-state index is -4.21. The van der Waals surface area contributed by atoms with Crippen LogP contribution in [-0.4, -0.2) is 55.6 Å². The summed E-state index contributed by atoms with van der Waals surface area (Å²) in [6.45, 7) is 1.08. The number of nitrogens with zero attached hydrogens (tertiary/aromatic N) is 2. The van der Waals surface area contributed by atoms with Crippen LogP contribution in [0.2, 0.25) is 0 Å². The third-order valence-corrected chi connectivity index (χ3v) is 8.34. The van der Waals surface area contributed by atoms with Gasteiger partial charge in [0.1, 0.15) is 16.5 Å². The molecule has 0 radical (unpaired) electrons. The zero-order valence-electron chi connectivity index (χ0n) is 18.6. The first-order chi connectivity index (χ1) is 16.3. The average molecular weight is 492 g/mol. The fourth-order valence-electron chi connectivity index (χ4n) is 4.50. The highest BCUT2D eigenvalue weighted by Gasteiger charge is 2.35. The molecule has 2 aliphatic heterocycles. The number of nitrogens with one attached hydrogen (secondary N) is 1. The molecular formula is C24H27F2N3O4S. The summed E-state index contributed by atoms with van der Waals surface area (Å²) in [5, 5.41) is 3.04. The summed E-state index contributed by atoms with van der Waals surface area (Å²) in [4.78, 5) is 26.2. The predicted octanol–water partition coefficient (Wildman–Crippen LogP) is 2.85. The molecule has 2 aliphatic rings. The number of sulfonamides is 1. The molecule has 34 heavy (non-hydrogen) atoms. The molecule has 0 bridgehead atoms. The number of carbonyl (C=O) groups is 2. The van der Waals surface area contributed by atoms with Crippen LogP contribution in [0, 0.1) is 17.6 Å². The lowest BCUT2D eigenvalue weighted by Crippen LogP contribution is -2.45. The zero-order valence-corrected chi connectivity index (χ0v) is 19.4. The standard InChI is InChI=1S/C24H27F2N3O4S/c25-19-8-9-20(26)22(15-19)34(32,33)29-13-10-18(11-14-29)24(31)27-21(17-5-2-1-3-6-17)16-28-12-4-7-23(28)30/h1-3,5-6,8-9,15,18,21H,4,7,10-14,16H2,(H,27,31). The highest BCUT2D eigenvalue weighted by molar-refractivity contribution is 7.89. The van der Waals surface area contributed by atoms with E-state index in [1.165, 1.54) is 0 Å². The van der Waals surface area contributed by atoms with Gasteiger partial charge >= 0.3 is 0 Å². The van der Waals surface area contributed by atoms with Crippen LogP contribution in [0.5, 0.6) is 0 Å². The summed E-state index contributed by atoms with van der Waals surface area (Å²) < 4.78 is 54.3.